The first kappa shape index (κ1) is 14.3. The van der Waals surface area contributed by atoms with Gasteiger partial charge in [-0.3, -0.25) is 4.90 Å². The minimum Gasteiger partial charge on any atom is -0.298 e. The zero-order valence-electron chi connectivity index (χ0n) is 12.2. The molecule has 0 saturated carbocycles. The fourth-order valence-electron chi connectivity index (χ4n) is 3.87. The van der Waals surface area contributed by atoms with Gasteiger partial charge in [0.2, 0.25) is 0 Å². The van der Waals surface area contributed by atoms with Crippen LogP contribution in [0.1, 0.15) is 22.6 Å². The molecule has 0 spiro atoms. The second kappa shape index (κ2) is 5.42. The highest BCUT2D eigenvalue weighted by molar-refractivity contribution is 6.42. The van der Waals surface area contributed by atoms with Crippen molar-refractivity contribution in [2.24, 2.45) is 5.92 Å². The summed E-state index contributed by atoms with van der Waals surface area (Å²) in [4.78, 5) is 2.52. The van der Waals surface area contributed by atoms with Crippen LogP contribution in [0.25, 0.3) is 5.57 Å². The molecular weight excluding hydrogens is 313 g/mol. The van der Waals surface area contributed by atoms with Gasteiger partial charge in [0.05, 0.1) is 10.0 Å². The summed E-state index contributed by atoms with van der Waals surface area (Å²) in [6.07, 6.45) is 0. The summed E-state index contributed by atoms with van der Waals surface area (Å²) in [5.41, 5.74) is 5.11. The number of hydrogen-bond acceptors (Lipinski definition) is 1. The molecule has 4 rings (SSSR count). The lowest BCUT2D eigenvalue weighted by Crippen LogP contribution is -2.21. The van der Waals surface area contributed by atoms with Gasteiger partial charge in [-0.1, -0.05) is 60.1 Å². The summed E-state index contributed by atoms with van der Waals surface area (Å²) in [6.45, 7) is 7.44. The van der Waals surface area contributed by atoms with Crippen LogP contribution in [0, 0.1) is 5.92 Å². The Morgan fingerprint density at radius 3 is 2.45 bits per heavy atom. The molecule has 0 amide bonds. The molecule has 0 bridgehead atoms. The second-order valence-corrected chi connectivity index (χ2v) is 7.09. The van der Waals surface area contributed by atoms with E-state index in [9.17, 15) is 0 Å². The summed E-state index contributed by atoms with van der Waals surface area (Å²) < 4.78 is 0. The largest absolute Gasteiger partial charge is 0.298 e. The molecule has 1 aliphatic carbocycles. The van der Waals surface area contributed by atoms with Crippen LogP contribution < -0.4 is 0 Å². The lowest BCUT2D eigenvalue weighted by molar-refractivity contribution is 0.322. The number of likely N-dealkylation sites (tertiary alicyclic amines) is 1. The first-order valence-electron chi connectivity index (χ1n) is 7.58. The zero-order chi connectivity index (χ0) is 15.3. The molecule has 1 heterocycles. The van der Waals surface area contributed by atoms with E-state index in [1.54, 1.807) is 0 Å². The number of rotatable bonds is 2. The Hall–Kier alpha value is -1.28. The molecule has 1 nitrogen and oxygen atoms in total. The van der Waals surface area contributed by atoms with Crippen molar-refractivity contribution in [1.29, 1.82) is 0 Å². The van der Waals surface area contributed by atoms with Gasteiger partial charge in [0.25, 0.3) is 0 Å². The predicted molar refractivity (Wildman–Crippen MR) is 93.4 cm³/mol. The Bertz CT molecular complexity index is 739. The third kappa shape index (κ3) is 2.28. The highest BCUT2D eigenvalue weighted by Crippen LogP contribution is 2.51. The Morgan fingerprint density at radius 1 is 1.00 bits per heavy atom. The van der Waals surface area contributed by atoms with Gasteiger partial charge in [-0.2, -0.15) is 0 Å². The van der Waals surface area contributed by atoms with Crippen LogP contribution in [0.4, 0.5) is 0 Å². The first-order chi connectivity index (χ1) is 10.6. The van der Waals surface area contributed by atoms with Gasteiger partial charge in [-0.25, -0.2) is 0 Å². The maximum Gasteiger partial charge on any atom is 0.0598 e. The van der Waals surface area contributed by atoms with E-state index in [2.05, 4.69) is 41.8 Å². The lowest BCUT2D eigenvalue weighted by Gasteiger charge is -2.18. The summed E-state index contributed by atoms with van der Waals surface area (Å²) in [6, 6.07) is 14.7. The minimum absolute atomic E-state index is 0.494. The predicted octanol–water partition coefficient (Wildman–Crippen LogP) is 5.24. The van der Waals surface area contributed by atoms with E-state index in [4.69, 9.17) is 23.2 Å². The summed E-state index contributed by atoms with van der Waals surface area (Å²) in [5, 5.41) is 1.28. The first-order valence-corrected chi connectivity index (χ1v) is 8.33. The van der Waals surface area contributed by atoms with E-state index >= 15 is 0 Å². The second-order valence-electron chi connectivity index (χ2n) is 6.27. The van der Waals surface area contributed by atoms with Crippen molar-refractivity contribution in [1.82, 2.24) is 4.90 Å². The Labute approximate surface area is 141 Å². The maximum atomic E-state index is 6.22. The highest BCUT2D eigenvalue weighted by atomic mass is 35.5. The lowest BCUT2D eigenvalue weighted by atomic mass is 9.95. The van der Waals surface area contributed by atoms with Crippen molar-refractivity contribution in [3.05, 3.63) is 75.8 Å². The van der Waals surface area contributed by atoms with Gasteiger partial charge in [-0.05, 0) is 34.4 Å². The molecule has 0 radical (unpaired) electrons. The number of hydrogen-bond donors (Lipinski definition) is 0. The number of halogens is 2. The fraction of sp³-hybridized carbons (Fsp3) is 0.263. The van der Waals surface area contributed by atoms with Crippen molar-refractivity contribution >= 4 is 28.8 Å². The van der Waals surface area contributed by atoms with Crippen LogP contribution in [0.3, 0.4) is 0 Å². The van der Waals surface area contributed by atoms with E-state index < -0.39 is 0 Å². The highest BCUT2D eigenvalue weighted by Gasteiger charge is 2.42. The molecule has 2 aromatic carbocycles. The molecule has 0 N–H and O–H groups in total. The Morgan fingerprint density at radius 2 is 1.68 bits per heavy atom. The minimum atomic E-state index is 0.494. The molecule has 22 heavy (non-hydrogen) atoms. The molecule has 2 aliphatic rings. The van der Waals surface area contributed by atoms with Crippen molar-refractivity contribution in [2.75, 3.05) is 13.1 Å². The van der Waals surface area contributed by atoms with Crippen LogP contribution in [-0.2, 0) is 6.54 Å². The summed E-state index contributed by atoms with van der Waals surface area (Å²) in [5.74, 6) is 0.995. The van der Waals surface area contributed by atoms with Gasteiger partial charge in [0.15, 0.2) is 0 Å². The molecule has 2 aromatic rings. The van der Waals surface area contributed by atoms with Crippen LogP contribution in [-0.4, -0.2) is 18.0 Å². The molecule has 3 heteroatoms. The van der Waals surface area contributed by atoms with Gasteiger partial charge >= 0.3 is 0 Å². The maximum absolute atomic E-state index is 6.22. The molecule has 2 atom stereocenters. The van der Waals surface area contributed by atoms with Crippen LogP contribution in [0.2, 0.25) is 10.0 Å². The monoisotopic (exact) mass is 329 g/mol. The molecule has 0 aromatic heterocycles. The van der Waals surface area contributed by atoms with Crippen LogP contribution in [0.15, 0.2) is 49.0 Å². The number of nitrogens with zero attached hydrogens (tertiary/aromatic N) is 1. The van der Waals surface area contributed by atoms with Gasteiger partial charge in [-0.15, -0.1) is 0 Å². The van der Waals surface area contributed by atoms with Gasteiger partial charge in [0.1, 0.15) is 0 Å². The average molecular weight is 330 g/mol. The number of fused-ring (bicyclic) bond motifs is 3. The van der Waals surface area contributed by atoms with Crippen molar-refractivity contribution in [3.8, 4) is 0 Å². The van der Waals surface area contributed by atoms with Crippen LogP contribution in [0.5, 0.6) is 0 Å². The topological polar surface area (TPSA) is 3.24 Å². The van der Waals surface area contributed by atoms with Gasteiger partial charge < -0.3 is 0 Å². The normalized spacial score (nSPS) is 23.6. The van der Waals surface area contributed by atoms with Crippen molar-refractivity contribution in [3.63, 3.8) is 0 Å². The quantitative estimate of drug-likeness (QED) is 0.728. The van der Waals surface area contributed by atoms with Crippen molar-refractivity contribution < 1.29 is 0 Å². The molecule has 1 aliphatic heterocycles. The van der Waals surface area contributed by atoms with E-state index in [1.165, 1.54) is 22.3 Å². The average Bonchev–Trinajstić information content (AvgIpc) is 3.02. The molecule has 1 fully saturated rings. The SMILES string of the molecule is C=C1c2cc(Cl)c(Cl)cc2C2CN(Cc3ccccc3)CC12. The standard InChI is InChI=1S/C19H17Cl2N/c1-12-14-7-18(20)19(21)8-15(14)17-11-22(10-16(12)17)9-13-5-3-2-4-6-13/h2-8,16-17H,1,9-11H2. The van der Waals surface area contributed by atoms with E-state index in [0.29, 0.717) is 21.9 Å². The Balaban J connectivity index is 1.60. The third-order valence-electron chi connectivity index (χ3n) is 4.93. The molecule has 112 valence electrons. The fourth-order valence-corrected chi connectivity index (χ4v) is 4.21. The smallest absolute Gasteiger partial charge is 0.0598 e. The molecule has 1 saturated heterocycles. The number of benzene rings is 2. The van der Waals surface area contributed by atoms with Gasteiger partial charge in [0, 0.05) is 31.5 Å². The van der Waals surface area contributed by atoms with Crippen molar-refractivity contribution in [2.45, 2.75) is 12.5 Å². The van der Waals surface area contributed by atoms with E-state index in [1.807, 2.05) is 12.1 Å². The third-order valence-corrected chi connectivity index (χ3v) is 5.65. The Kier molecular flexibility index (Phi) is 3.53. The van der Waals surface area contributed by atoms with E-state index in [-0.39, 0.29) is 0 Å². The van der Waals surface area contributed by atoms with E-state index in [0.717, 1.165) is 19.6 Å². The van der Waals surface area contributed by atoms with Crippen LogP contribution >= 0.6 is 23.2 Å². The summed E-state index contributed by atoms with van der Waals surface area (Å²) in [7, 11) is 0. The molecular formula is C19H17Cl2N. The molecule has 2 unspecified atom stereocenters. The zero-order valence-corrected chi connectivity index (χ0v) is 13.7. The summed E-state index contributed by atoms with van der Waals surface area (Å²) >= 11 is 12.4.